The summed E-state index contributed by atoms with van der Waals surface area (Å²) in [5.74, 6) is 2.00. The van der Waals surface area contributed by atoms with E-state index in [2.05, 4.69) is 20.2 Å². The topological polar surface area (TPSA) is 50.3 Å². The van der Waals surface area contributed by atoms with Gasteiger partial charge in [-0.2, -0.15) is 4.98 Å². The Morgan fingerprint density at radius 1 is 1.29 bits per heavy atom. The van der Waals surface area contributed by atoms with Crippen molar-refractivity contribution >= 4 is 5.95 Å². The Balaban J connectivity index is 1.46. The van der Waals surface area contributed by atoms with Crippen molar-refractivity contribution in [2.24, 2.45) is 5.92 Å². The number of rotatable bonds is 5. The van der Waals surface area contributed by atoms with Crippen LogP contribution in [0.4, 0.5) is 5.95 Å². The van der Waals surface area contributed by atoms with Crippen LogP contribution in [0.25, 0.3) is 0 Å². The maximum Gasteiger partial charge on any atom is 0.225 e. The highest BCUT2D eigenvalue weighted by molar-refractivity contribution is 5.27. The molecule has 0 bridgehead atoms. The Kier molecular flexibility index (Phi) is 4.91. The summed E-state index contributed by atoms with van der Waals surface area (Å²) >= 11 is 0. The molecule has 1 N–H and O–H groups in total. The van der Waals surface area contributed by atoms with Gasteiger partial charge < -0.3 is 15.0 Å². The molecule has 1 aromatic heterocycles. The van der Waals surface area contributed by atoms with E-state index in [9.17, 15) is 0 Å². The monoisotopic (exact) mass is 290 g/mol. The second-order valence-corrected chi connectivity index (χ2v) is 6.24. The highest BCUT2D eigenvalue weighted by Gasteiger charge is 2.28. The second kappa shape index (κ2) is 7.07. The van der Waals surface area contributed by atoms with Crippen LogP contribution in [0, 0.1) is 5.92 Å². The van der Waals surface area contributed by atoms with Gasteiger partial charge in [0.05, 0.1) is 7.11 Å². The third-order valence-corrected chi connectivity index (χ3v) is 4.80. The molecule has 0 amide bonds. The number of hydrogen-bond acceptors (Lipinski definition) is 5. The van der Waals surface area contributed by atoms with E-state index in [1.165, 1.54) is 51.6 Å². The first-order chi connectivity index (χ1) is 10.3. The zero-order valence-corrected chi connectivity index (χ0v) is 12.9. The molecule has 2 heterocycles. The fraction of sp³-hybridized carbons (Fsp3) is 0.750. The molecule has 2 fully saturated rings. The average molecular weight is 290 g/mol. The van der Waals surface area contributed by atoms with Crippen molar-refractivity contribution in [2.75, 3.05) is 32.1 Å². The van der Waals surface area contributed by atoms with Crippen LogP contribution in [-0.2, 0) is 0 Å². The Morgan fingerprint density at radius 2 is 2.14 bits per heavy atom. The van der Waals surface area contributed by atoms with E-state index in [1.807, 2.05) is 0 Å². The van der Waals surface area contributed by atoms with Crippen molar-refractivity contribution in [2.45, 2.75) is 44.6 Å². The van der Waals surface area contributed by atoms with Crippen molar-refractivity contribution in [3.63, 3.8) is 0 Å². The second-order valence-electron chi connectivity index (χ2n) is 6.24. The summed E-state index contributed by atoms with van der Waals surface area (Å²) < 4.78 is 5.12. The summed E-state index contributed by atoms with van der Waals surface area (Å²) in [6, 6.07) is 2.61. The SMILES string of the molecule is COc1ccnc(NC[C@@H]2CCN(C3CCCCC3)C2)n1. The number of ether oxygens (including phenoxy) is 1. The molecule has 0 aromatic carbocycles. The Morgan fingerprint density at radius 3 is 2.95 bits per heavy atom. The van der Waals surface area contributed by atoms with Crippen molar-refractivity contribution in [1.82, 2.24) is 14.9 Å². The number of nitrogens with zero attached hydrogens (tertiary/aromatic N) is 3. The van der Waals surface area contributed by atoms with Crippen LogP contribution in [0.3, 0.4) is 0 Å². The zero-order valence-electron chi connectivity index (χ0n) is 12.9. The minimum absolute atomic E-state index is 0.614. The number of likely N-dealkylation sites (tertiary alicyclic amines) is 1. The van der Waals surface area contributed by atoms with Gasteiger partial charge >= 0.3 is 0 Å². The summed E-state index contributed by atoms with van der Waals surface area (Å²) in [5, 5.41) is 3.36. The largest absolute Gasteiger partial charge is 0.481 e. The molecule has 5 heteroatoms. The van der Waals surface area contributed by atoms with E-state index in [-0.39, 0.29) is 0 Å². The van der Waals surface area contributed by atoms with Gasteiger partial charge in [0, 0.05) is 31.4 Å². The van der Waals surface area contributed by atoms with Crippen LogP contribution >= 0.6 is 0 Å². The van der Waals surface area contributed by atoms with E-state index in [1.54, 1.807) is 19.4 Å². The maximum absolute atomic E-state index is 5.12. The van der Waals surface area contributed by atoms with Crippen molar-refractivity contribution in [3.8, 4) is 5.88 Å². The molecule has 5 nitrogen and oxygen atoms in total. The fourth-order valence-corrected chi connectivity index (χ4v) is 3.58. The van der Waals surface area contributed by atoms with Crippen LogP contribution in [0.5, 0.6) is 5.88 Å². The van der Waals surface area contributed by atoms with Gasteiger partial charge in [-0.1, -0.05) is 19.3 Å². The Labute approximate surface area is 127 Å². The lowest BCUT2D eigenvalue weighted by molar-refractivity contribution is 0.186. The highest BCUT2D eigenvalue weighted by atomic mass is 16.5. The number of anilines is 1. The van der Waals surface area contributed by atoms with Crippen LogP contribution < -0.4 is 10.1 Å². The molecular formula is C16H26N4O. The molecular weight excluding hydrogens is 264 g/mol. The molecule has 0 unspecified atom stereocenters. The van der Waals surface area contributed by atoms with E-state index in [0.29, 0.717) is 17.7 Å². The van der Waals surface area contributed by atoms with Crippen molar-refractivity contribution in [3.05, 3.63) is 12.3 Å². The first-order valence-corrected chi connectivity index (χ1v) is 8.20. The zero-order chi connectivity index (χ0) is 14.5. The van der Waals surface area contributed by atoms with Crippen LogP contribution in [0.2, 0.25) is 0 Å². The smallest absolute Gasteiger partial charge is 0.225 e. The molecule has 21 heavy (non-hydrogen) atoms. The standard InChI is InChI=1S/C16H26N4O/c1-21-15-7-9-17-16(19-15)18-11-13-8-10-20(12-13)14-5-3-2-4-6-14/h7,9,13-14H,2-6,8,10-12H2,1H3,(H,17,18,19)/t13-/m0/s1. The quantitative estimate of drug-likeness (QED) is 0.903. The number of hydrogen-bond donors (Lipinski definition) is 1. The normalized spacial score (nSPS) is 24.1. The van der Waals surface area contributed by atoms with Gasteiger partial charge in [-0.3, -0.25) is 0 Å². The number of nitrogens with one attached hydrogen (secondary N) is 1. The summed E-state index contributed by atoms with van der Waals surface area (Å²) in [5.41, 5.74) is 0. The van der Waals surface area contributed by atoms with Gasteiger partial charge in [0.15, 0.2) is 0 Å². The predicted molar refractivity (Wildman–Crippen MR) is 83.6 cm³/mol. The van der Waals surface area contributed by atoms with Gasteiger partial charge in [-0.15, -0.1) is 0 Å². The Hall–Kier alpha value is -1.36. The maximum atomic E-state index is 5.12. The third-order valence-electron chi connectivity index (χ3n) is 4.80. The molecule has 1 aliphatic carbocycles. The van der Waals surface area contributed by atoms with Gasteiger partial charge in [0.25, 0.3) is 0 Å². The van der Waals surface area contributed by atoms with E-state index in [0.717, 1.165) is 12.6 Å². The number of aromatic nitrogens is 2. The number of methoxy groups -OCH3 is 1. The Bertz CT molecular complexity index is 448. The minimum Gasteiger partial charge on any atom is -0.481 e. The highest BCUT2D eigenvalue weighted by Crippen LogP contribution is 2.27. The van der Waals surface area contributed by atoms with Gasteiger partial charge in [0.1, 0.15) is 0 Å². The van der Waals surface area contributed by atoms with Gasteiger partial charge in [-0.25, -0.2) is 4.98 Å². The molecule has 0 radical (unpaired) electrons. The van der Waals surface area contributed by atoms with Gasteiger partial charge in [0.2, 0.25) is 11.8 Å². The molecule has 116 valence electrons. The lowest BCUT2D eigenvalue weighted by Gasteiger charge is -2.31. The molecule has 2 aliphatic rings. The summed E-state index contributed by atoms with van der Waals surface area (Å²) in [7, 11) is 1.63. The van der Waals surface area contributed by atoms with Crippen LogP contribution in [0.1, 0.15) is 38.5 Å². The molecule has 3 rings (SSSR count). The molecule has 0 spiro atoms. The van der Waals surface area contributed by atoms with Crippen LogP contribution in [0.15, 0.2) is 12.3 Å². The molecule has 1 aromatic rings. The van der Waals surface area contributed by atoms with Crippen molar-refractivity contribution < 1.29 is 4.74 Å². The lowest BCUT2D eigenvalue weighted by Crippen LogP contribution is -2.35. The minimum atomic E-state index is 0.614. The molecule has 1 saturated carbocycles. The van der Waals surface area contributed by atoms with Gasteiger partial charge in [-0.05, 0) is 31.7 Å². The van der Waals surface area contributed by atoms with Crippen LogP contribution in [-0.4, -0.2) is 47.7 Å². The first-order valence-electron chi connectivity index (χ1n) is 8.20. The fourth-order valence-electron chi connectivity index (χ4n) is 3.58. The summed E-state index contributed by atoms with van der Waals surface area (Å²) in [4.78, 5) is 11.3. The third kappa shape index (κ3) is 3.84. The lowest BCUT2D eigenvalue weighted by atomic mass is 9.94. The average Bonchev–Trinajstić information content (AvgIpc) is 3.03. The first kappa shape index (κ1) is 14.6. The van der Waals surface area contributed by atoms with E-state index < -0.39 is 0 Å². The molecule has 1 atom stereocenters. The van der Waals surface area contributed by atoms with E-state index in [4.69, 9.17) is 4.74 Å². The summed E-state index contributed by atoms with van der Waals surface area (Å²) in [6.07, 6.45) is 10.1. The summed E-state index contributed by atoms with van der Waals surface area (Å²) in [6.45, 7) is 3.44. The molecule has 1 saturated heterocycles. The molecule has 1 aliphatic heterocycles. The predicted octanol–water partition coefficient (Wildman–Crippen LogP) is 2.55. The van der Waals surface area contributed by atoms with E-state index >= 15 is 0 Å². The van der Waals surface area contributed by atoms with Crippen molar-refractivity contribution in [1.29, 1.82) is 0 Å².